The maximum absolute atomic E-state index is 12.8. The minimum Gasteiger partial charge on any atom is -0.323 e. The summed E-state index contributed by atoms with van der Waals surface area (Å²) in [4.78, 5) is 37.7. The highest BCUT2D eigenvalue weighted by Crippen LogP contribution is 2.32. The Morgan fingerprint density at radius 2 is 1.76 bits per heavy atom. The Balaban J connectivity index is 1.92. The highest BCUT2D eigenvalue weighted by Gasteiger charge is 2.44. The van der Waals surface area contributed by atoms with Gasteiger partial charge in [0.15, 0.2) is 0 Å². The molecule has 110 valence electrons. The second-order valence-electron chi connectivity index (χ2n) is 5.95. The number of rotatable bonds is 3. The van der Waals surface area contributed by atoms with Gasteiger partial charge in [0.1, 0.15) is 6.04 Å². The maximum atomic E-state index is 12.8. The molecule has 1 aliphatic carbocycles. The van der Waals surface area contributed by atoms with E-state index in [-0.39, 0.29) is 30.2 Å². The van der Waals surface area contributed by atoms with Crippen LogP contribution < -0.4 is 5.32 Å². The summed E-state index contributed by atoms with van der Waals surface area (Å²) in [5, 5.41) is 2.29. The zero-order valence-electron chi connectivity index (χ0n) is 12.2. The summed E-state index contributed by atoms with van der Waals surface area (Å²) in [6, 6.07) is 5.10. The molecule has 0 unspecified atom stereocenters. The van der Waals surface area contributed by atoms with Gasteiger partial charge in [0, 0.05) is 11.6 Å². The number of amides is 3. The van der Waals surface area contributed by atoms with Crippen molar-refractivity contribution in [2.45, 2.75) is 45.2 Å². The van der Waals surface area contributed by atoms with Gasteiger partial charge < -0.3 is 4.90 Å². The number of hydrogen-bond acceptors (Lipinski definition) is 3. The predicted octanol–water partition coefficient (Wildman–Crippen LogP) is 1.32. The van der Waals surface area contributed by atoms with Crippen LogP contribution in [0.3, 0.4) is 0 Å². The molecule has 2 fully saturated rings. The monoisotopic (exact) mass is 286 g/mol. The van der Waals surface area contributed by atoms with Crippen LogP contribution in [0, 0.1) is 13.8 Å². The molecule has 3 amide bonds. The molecule has 1 aromatic carbocycles. The molecule has 1 aromatic rings. The first-order valence-corrected chi connectivity index (χ1v) is 7.20. The summed E-state index contributed by atoms with van der Waals surface area (Å²) in [5.41, 5.74) is 2.62. The quantitative estimate of drug-likeness (QED) is 0.852. The second-order valence-corrected chi connectivity index (χ2v) is 5.95. The standard InChI is InChI=1S/C16H18N2O3/c1-9-5-10(2)7-11(6-9)16(21)18(12-3-4-12)13-8-14(19)17-15(13)20/h5-7,12-13H,3-4,8H2,1-2H3,(H,17,19,20)/t13-/m0/s1. The Bertz CT molecular complexity index is 614. The lowest BCUT2D eigenvalue weighted by Gasteiger charge is -2.27. The van der Waals surface area contributed by atoms with Crippen molar-refractivity contribution in [3.63, 3.8) is 0 Å². The van der Waals surface area contributed by atoms with E-state index in [1.54, 1.807) is 4.90 Å². The van der Waals surface area contributed by atoms with Crippen LogP contribution in [0.25, 0.3) is 0 Å². The van der Waals surface area contributed by atoms with Gasteiger partial charge in [-0.3, -0.25) is 19.7 Å². The average Bonchev–Trinajstić information content (AvgIpc) is 3.15. The van der Waals surface area contributed by atoms with Crippen LogP contribution in [-0.4, -0.2) is 34.7 Å². The summed E-state index contributed by atoms with van der Waals surface area (Å²) in [7, 11) is 0. The molecule has 21 heavy (non-hydrogen) atoms. The molecule has 1 saturated carbocycles. The predicted molar refractivity (Wildman–Crippen MR) is 76.7 cm³/mol. The van der Waals surface area contributed by atoms with Crippen LogP contribution >= 0.6 is 0 Å². The maximum Gasteiger partial charge on any atom is 0.254 e. The number of nitrogens with one attached hydrogen (secondary N) is 1. The van der Waals surface area contributed by atoms with E-state index in [1.165, 1.54) is 0 Å². The third kappa shape index (κ3) is 2.68. The summed E-state index contributed by atoms with van der Waals surface area (Å²) in [5.74, 6) is -0.812. The minimum absolute atomic E-state index is 0.0753. The van der Waals surface area contributed by atoms with E-state index in [0.717, 1.165) is 24.0 Å². The minimum atomic E-state index is -0.654. The van der Waals surface area contributed by atoms with Crippen molar-refractivity contribution in [2.75, 3.05) is 0 Å². The molecule has 2 aliphatic rings. The fourth-order valence-corrected chi connectivity index (χ4v) is 2.93. The molecule has 0 aromatic heterocycles. The van der Waals surface area contributed by atoms with E-state index in [9.17, 15) is 14.4 Å². The molecule has 5 heteroatoms. The van der Waals surface area contributed by atoms with E-state index in [1.807, 2.05) is 32.0 Å². The van der Waals surface area contributed by atoms with Crippen molar-refractivity contribution >= 4 is 17.7 Å². The Morgan fingerprint density at radius 1 is 1.14 bits per heavy atom. The molecule has 3 rings (SSSR count). The molecule has 1 saturated heterocycles. The second kappa shape index (κ2) is 4.98. The van der Waals surface area contributed by atoms with Gasteiger partial charge in [-0.25, -0.2) is 0 Å². The smallest absolute Gasteiger partial charge is 0.254 e. The van der Waals surface area contributed by atoms with E-state index < -0.39 is 6.04 Å². The van der Waals surface area contributed by atoms with Crippen LogP contribution in [0.4, 0.5) is 0 Å². The molecule has 0 spiro atoms. The Morgan fingerprint density at radius 3 is 2.24 bits per heavy atom. The fraction of sp³-hybridized carbons (Fsp3) is 0.438. The molecule has 5 nitrogen and oxygen atoms in total. The van der Waals surface area contributed by atoms with Gasteiger partial charge in [0.2, 0.25) is 11.8 Å². The zero-order valence-corrected chi connectivity index (χ0v) is 12.2. The number of aryl methyl sites for hydroxylation is 2. The molecule has 1 aliphatic heterocycles. The van der Waals surface area contributed by atoms with Crippen LogP contribution in [-0.2, 0) is 9.59 Å². The van der Waals surface area contributed by atoms with E-state index >= 15 is 0 Å². The summed E-state index contributed by atoms with van der Waals surface area (Å²) >= 11 is 0. The molecule has 1 heterocycles. The molecular formula is C16H18N2O3. The SMILES string of the molecule is Cc1cc(C)cc(C(=O)N(C2CC2)[C@H]2CC(=O)NC2=O)c1. The van der Waals surface area contributed by atoms with Crippen LogP contribution in [0.2, 0.25) is 0 Å². The first-order valence-electron chi connectivity index (χ1n) is 7.20. The summed E-state index contributed by atoms with van der Waals surface area (Å²) < 4.78 is 0. The molecule has 1 atom stereocenters. The van der Waals surface area contributed by atoms with Gasteiger partial charge in [-0.15, -0.1) is 0 Å². The Labute approximate surface area is 123 Å². The van der Waals surface area contributed by atoms with Gasteiger partial charge in [-0.05, 0) is 38.8 Å². The van der Waals surface area contributed by atoms with Gasteiger partial charge in [0.05, 0.1) is 6.42 Å². The van der Waals surface area contributed by atoms with Crippen LogP contribution in [0.1, 0.15) is 40.7 Å². The number of nitrogens with zero attached hydrogens (tertiary/aromatic N) is 1. The fourth-order valence-electron chi connectivity index (χ4n) is 2.93. The third-order valence-corrected chi connectivity index (χ3v) is 3.92. The van der Waals surface area contributed by atoms with Crippen LogP contribution in [0.5, 0.6) is 0 Å². The number of imide groups is 1. The van der Waals surface area contributed by atoms with E-state index in [2.05, 4.69) is 5.32 Å². The topological polar surface area (TPSA) is 66.5 Å². The lowest BCUT2D eigenvalue weighted by molar-refractivity contribution is -0.126. The Kier molecular flexibility index (Phi) is 3.27. The van der Waals surface area contributed by atoms with Gasteiger partial charge in [-0.2, -0.15) is 0 Å². The normalized spacial score (nSPS) is 21.3. The molecule has 0 radical (unpaired) electrons. The van der Waals surface area contributed by atoms with Crippen molar-refractivity contribution in [1.82, 2.24) is 10.2 Å². The van der Waals surface area contributed by atoms with Crippen molar-refractivity contribution in [3.8, 4) is 0 Å². The van der Waals surface area contributed by atoms with E-state index in [0.29, 0.717) is 5.56 Å². The lowest BCUT2D eigenvalue weighted by atomic mass is 10.0. The van der Waals surface area contributed by atoms with Crippen molar-refractivity contribution < 1.29 is 14.4 Å². The number of carbonyl (C=O) groups is 3. The van der Waals surface area contributed by atoms with Gasteiger partial charge >= 0.3 is 0 Å². The number of benzene rings is 1. The van der Waals surface area contributed by atoms with E-state index in [4.69, 9.17) is 0 Å². The first-order chi connectivity index (χ1) is 9.95. The molecule has 1 N–H and O–H groups in total. The van der Waals surface area contributed by atoms with Crippen LogP contribution in [0.15, 0.2) is 18.2 Å². The lowest BCUT2D eigenvalue weighted by Crippen LogP contribution is -2.46. The van der Waals surface area contributed by atoms with Crippen molar-refractivity contribution in [1.29, 1.82) is 0 Å². The Hall–Kier alpha value is -2.17. The third-order valence-electron chi connectivity index (χ3n) is 3.92. The van der Waals surface area contributed by atoms with Gasteiger partial charge in [-0.1, -0.05) is 17.2 Å². The summed E-state index contributed by atoms with van der Waals surface area (Å²) in [6.45, 7) is 3.88. The molecular weight excluding hydrogens is 268 g/mol. The highest BCUT2D eigenvalue weighted by molar-refractivity contribution is 6.08. The largest absolute Gasteiger partial charge is 0.323 e. The van der Waals surface area contributed by atoms with Crippen molar-refractivity contribution in [2.24, 2.45) is 0 Å². The zero-order chi connectivity index (χ0) is 15.1. The number of hydrogen-bond donors (Lipinski definition) is 1. The summed E-state index contributed by atoms with van der Waals surface area (Å²) in [6.07, 6.45) is 1.87. The number of carbonyl (C=O) groups excluding carboxylic acids is 3. The average molecular weight is 286 g/mol. The van der Waals surface area contributed by atoms with Crippen molar-refractivity contribution in [3.05, 3.63) is 34.9 Å². The highest BCUT2D eigenvalue weighted by atomic mass is 16.2. The van der Waals surface area contributed by atoms with Gasteiger partial charge in [0.25, 0.3) is 5.91 Å². The molecule has 0 bridgehead atoms. The first kappa shape index (κ1) is 13.8.